The van der Waals surface area contributed by atoms with Gasteiger partial charge in [-0.3, -0.25) is 33.6 Å². The number of alkyl carbamates (subject to hydrolysis) is 2. The van der Waals surface area contributed by atoms with Crippen molar-refractivity contribution in [3.05, 3.63) is 209 Å². The van der Waals surface area contributed by atoms with Gasteiger partial charge in [0.2, 0.25) is 46.9 Å². The molecule has 4 aliphatic heterocycles. The number of ether oxygens (including phenoxy) is 2. The lowest BCUT2D eigenvalue weighted by atomic mass is 10.0. The van der Waals surface area contributed by atoms with E-state index in [0.29, 0.717) is 53.1 Å². The van der Waals surface area contributed by atoms with Gasteiger partial charge >= 0.3 is 42.9 Å². The maximum atomic E-state index is 14.4. The summed E-state index contributed by atoms with van der Waals surface area (Å²) >= 11 is 0. The summed E-state index contributed by atoms with van der Waals surface area (Å²) in [6, 6.07) is 4.28. The van der Waals surface area contributed by atoms with Crippen LogP contribution < -0.4 is 38.1 Å². The van der Waals surface area contributed by atoms with Gasteiger partial charge in [0.15, 0.2) is 69.3 Å². The maximum absolute atomic E-state index is 14.4. The molecule has 8 heterocycles. The lowest BCUT2D eigenvalue weighted by Crippen LogP contribution is -2.46. The SMILES string of the molecule is CC(C)(C)OC(=O)N[C@@H](CC(=O)N1CCn2c(C(F)(F)F)nc(C(=O)NCC#N)c2C1)Cc1cc(F)c(F)cc1F.CC(C)(C)OC(=O)N[C@@H](CC(=O)N1CCn2c(C(F)(F)F)nc(C(=O)O)c2C1)Cc1cc(F)c(F)cc1F.Cl.Cl.N#CCNC(=O)c1nc(C(F)(F)F)n2c1CN(C(=O)C[C@H](N)Cc1cc(F)c(F)cc1F)CC2.N#CCNC(=O)c1nc(C(F)(F)F)n2c1CN(C(=O)C[C@H](N)Cc1cc(F)c(F)cc1F)CC2. The Morgan fingerprint density at radius 1 is 0.349 bits per heavy atom. The zero-order chi connectivity index (χ0) is 110. The smallest absolute Gasteiger partial charge is 0.449 e. The molecule has 0 saturated carbocycles. The van der Waals surface area contributed by atoms with Crippen LogP contribution in [0.4, 0.5) is 115 Å². The van der Waals surface area contributed by atoms with Crippen molar-refractivity contribution in [2.75, 3.05) is 45.8 Å². The third-order valence-corrected chi connectivity index (χ3v) is 21.7. The van der Waals surface area contributed by atoms with Gasteiger partial charge in [-0.05, 0) is 114 Å². The summed E-state index contributed by atoms with van der Waals surface area (Å²) in [4.78, 5) is 143. The molecule has 9 amide bonds. The van der Waals surface area contributed by atoms with Crippen LogP contribution in [0, 0.1) is 104 Å². The van der Waals surface area contributed by atoms with Gasteiger partial charge in [0.05, 0.1) is 67.2 Å². The van der Waals surface area contributed by atoms with Crippen LogP contribution >= 0.6 is 24.8 Å². The topological polar surface area (TPSA) is 477 Å². The largest absolute Gasteiger partial charge is 0.476 e. The number of alkyl halides is 12. The number of aromatic nitrogens is 8. The van der Waals surface area contributed by atoms with E-state index in [1.807, 2.05) is 0 Å². The van der Waals surface area contributed by atoms with E-state index in [9.17, 15) is 158 Å². The van der Waals surface area contributed by atoms with Gasteiger partial charge in [0.1, 0.15) is 54.1 Å². The molecule has 4 atom stereocenters. The highest BCUT2D eigenvalue weighted by Gasteiger charge is 2.48. The van der Waals surface area contributed by atoms with Crippen molar-refractivity contribution in [1.29, 1.82) is 15.8 Å². The van der Waals surface area contributed by atoms with Gasteiger partial charge < -0.3 is 90.5 Å². The third kappa shape index (κ3) is 32.2. The van der Waals surface area contributed by atoms with Crippen LogP contribution in [-0.2, 0) is 131 Å². The number of nitrogens with one attached hydrogen (secondary N) is 5. The van der Waals surface area contributed by atoms with Crippen molar-refractivity contribution < 1.29 is 168 Å². The molecule has 35 nitrogen and oxygen atoms in total. The molecule has 810 valence electrons. The van der Waals surface area contributed by atoms with Crippen LogP contribution in [0.25, 0.3) is 0 Å². The highest BCUT2D eigenvalue weighted by molar-refractivity contribution is 5.96. The number of rotatable bonds is 25. The van der Waals surface area contributed by atoms with E-state index in [1.165, 1.54) is 9.80 Å². The summed E-state index contributed by atoms with van der Waals surface area (Å²) in [7, 11) is 0. The summed E-state index contributed by atoms with van der Waals surface area (Å²) in [5.74, 6) is -27.9. The highest BCUT2D eigenvalue weighted by atomic mass is 35.5. The molecule has 149 heavy (non-hydrogen) atoms. The Morgan fingerprint density at radius 3 is 0.785 bits per heavy atom. The Labute approximate surface area is 839 Å². The Balaban J connectivity index is 0.000000268. The van der Waals surface area contributed by atoms with Crippen LogP contribution in [-0.4, -0.2) is 204 Å². The predicted octanol–water partition coefficient (Wildman–Crippen LogP) is 11.9. The summed E-state index contributed by atoms with van der Waals surface area (Å²) < 4.78 is 338. The number of halogens is 26. The van der Waals surface area contributed by atoms with Crippen molar-refractivity contribution in [1.82, 2.24) is 84.4 Å². The fourth-order valence-electron chi connectivity index (χ4n) is 15.3. The van der Waals surface area contributed by atoms with Gasteiger partial charge in [0, 0.05) is 126 Å². The van der Waals surface area contributed by atoms with Gasteiger partial charge in [-0.25, -0.2) is 87.0 Å². The molecule has 10 N–H and O–H groups in total. The van der Waals surface area contributed by atoms with Crippen LogP contribution in [0.1, 0.15) is 178 Å². The number of fused-ring (bicyclic) bond motifs is 4. The van der Waals surface area contributed by atoms with Gasteiger partial charge in [-0.15, -0.1) is 24.8 Å². The Kier molecular flexibility index (Phi) is 40.6. The second-order valence-corrected chi connectivity index (χ2v) is 34.9. The van der Waals surface area contributed by atoms with E-state index >= 15 is 0 Å². The van der Waals surface area contributed by atoms with Crippen molar-refractivity contribution in [2.24, 2.45) is 11.5 Å². The molecule has 0 bridgehead atoms. The maximum Gasteiger partial charge on any atom is 0.449 e. The lowest BCUT2D eigenvalue weighted by molar-refractivity contribution is -0.149. The van der Waals surface area contributed by atoms with Gasteiger partial charge in [-0.2, -0.15) is 68.5 Å². The van der Waals surface area contributed by atoms with Crippen LogP contribution in [0.5, 0.6) is 0 Å². The number of hydrogen-bond acceptors (Lipinski definition) is 21. The Bertz CT molecular complexity index is 6300. The second-order valence-electron chi connectivity index (χ2n) is 34.9. The number of nitrogens with zero attached hydrogens (tertiary/aromatic N) is 15. The highest BCUT2D eigenvalue weighted by Crippen LogP contribution is 2.39. The molecule has 12 rings (SSSR count). The van der Waals surface area contributed by atoms with Crippen molar-refractivity contribution in [2.45, 2.75) is 205 Å². The number of amides is 9. The van der Waals surface area contributed by atoms with Crippen LogP contribution in [0.2, 0.25) is 0 Å². The normalized spacial score (nSPS) is 14.2. The lowest BCUT2D eigenvalue weighted by Gasteiger charge is -2.31. The molecular formula is C88H88Cl2F24N22O13. The second kappa shape index (κ2) is 49.9. The average Bonchev–Trinajstić information content (AvgIpc) is 1.62. The van der Waals surface area contributed by atoms with Crippen molar-refractivity contribution in [3.8, 4) is 18.2 Å². The first kappa shape index (κ1) is 121. The first-order valence-electron chi connectivity index (χ1n) is 43.3. The third-order valence-electron chi connectivity index (χ3n) is 21.7. The van der Waals surface area contributed by atoms with Crippen molar-refractivity contribution >= 4 is 84.3 Å². The molecule has 0 fully saturated rings. The Hall–Kier alpha value is -14.7. The standard InChI is InChI=1S/C25H26F6N6O4.C23H24F6N4O5.2C20H18F6N6O2.2ClH/c1-24(2,3)41-23(40)34-14(8-13-9-16(27)17(28)11-15(13)26)10-19(38)36-6-7-37-18(12-36)20(21(39)33-5-4-32)35-22(37)25(29,30)31;1-22(2,3)38-21(37)30-12(6-11-7-14(25)15(26)9-13(11)24)8-17(34)32-4-5-33-16(10-32)18(19(35)36)31-20(33)23(27,28)29;2*21-12-8-14(23)13(22)6-10(12)5-11(28)7-16(33)31-3-4-32-15(9-31)17(18(34)29-2-1-27)30-19(32)20(24,25)26;;/h9,11,14H,5-8,10,12H2,1-3H3,(H,33,39)(H,34,40);7,9,12H,4-6,8,10H2,1-3H3,(H,30,37)(H,35,36);2*6,8,11H,2-5,7,9,28H2,(H,29,34);2*1H/t14-;12-;2*11-;;/m1111../s1. The van der Waals surface area contributed by atoms with E-state index in [-0.39, 0.29) is 154 Å². The summed E-state index contributed by atoms with van der Waals surface area (Å²) in [5.41, 5.74) is 5.19. The number of carboxylic acid groups (broad SMARTS) is 1. The van der Waals surface area contributed by atoms with E-state index in [4.69, 9.17) is 36.7 Å². The first-order valence-corrected chi connectivity index (χ1v) is 43.3. The molecule has 0 saturated heterocycles. The number of nitriles is 3. The minimum absolute atomic E-state index is 0. The average molecular weight is 2190 g/mol. The Morgan fingerprint density at radius 2 is 0.564 bits per heavy atom. The number of carboxylic acids is 1. The molecule has 0 unspecified atom stereocenters. The fourth-order valence-corrected chi connectivity index (χ4v) is 15.3. The van der Waals surface area contributed by atoms with Crippen molar-refractivity contribution in [3.63, 3.8) is 0 Å². The zero-order valence-corrected chi connectivity index (χ0v) is 79.9. The quantitative estimate of drug-likeness (QED) is 0.0150. The molecule has 4 aromatic carbocycles. The van der Waals surface area contributed by atoms with E-state index in [0.717, 1.165) is 23.5 Å². The number of carbonyl (C=O) groups excluding carboxylic acids is 9. The number of carbonyl (C=O) groups is 10. The first-order chi connectivity index (χ1) is 68.3. The van der Waals surface area contributed by atoms with Gasteiger partial charge in [0.25, 0.3) is 17.7 Å². The molecule has 0 spiro atoms. The summed E-state index contributed by atoms with van der Waals surface area (Å²) in [6.45, 7) is 4.06. The number of benzene rings is 4. The monoisotopic (exact) mass is 2190 g/mol. The number of imidazole rings is 4. The minimum Gasteiger partial charge on any atom is -0.476 e. The van der Waals surface area contributed by atoms with E-state index in [2.05, 4.69) is 46.5 Å². The van der Waals surface area contributed by atoms with Crippen LogP contribution in [0.15, 0.2) is 48.5 Å². The molecule has 8 aromatic rings. The molecule has 4 aliphatic rings. The minimum atomic E-state index is -4.93. The summed E-state index contributed by atoms with van der Waals surface area (Å²) in [6.07, 6.45) is -24.8. The molecule has 0 radical (unpaired) electrons. The van der Waals surface area contributed by atoms with Gasteiger partial charge in [-0.1, -0.05) is 0 Å². The summed E-state index contributed by atoms with van der Waals surface area (Å²) in [5, 5.41) is 46.3. The van der Waals surface area contributed by atoms with E-state index in [1.54, 1.807) is 59.8 Å². The van der Waals surface area contributed by atoms with Crippen LogP contribution in [0.3, 0.4) is 0 Å². The fraction of sp³-hybridized carbons (Fsp3) is 0.443. The van der Waals surface area contributed by atoms with E-state index < -0.39 is 300 Å². The molecule has 4 aromatic heterocycles. The number of nitrogens with two attached hydrogens (primary N) is 2. The molecule has 0 aliphatic carbocycles. The predicted molar refractivity (Wildman–Crippen MR) is 467 cm³/mol. The number of hydrogen-bond donors (Lipinski definition) is 8. The molecule has 61 heteroatoms. The molecular weight excluding hydrogens is 2100 g/mol. The zero-order valence-electron chi connectivity index (χ0n) is 78.3. The number of aromatic carboxylic acids is 1.